The molecule has 0 radical (unpaired) electrons. The van der Waals surface area contributed by atoms with Crippen molar-refractivity contribution in [2.45, 2.75) is 19.5 Å². The van der Waals surface area contributed by atoms with Crippen molar-refractivity contribution in [3.63, 3.8) is 0 Å². The third kappa shape index (κ3) is 3.31. The highest BCUT2D eigenvalue weighted by atomic mass is 16.5. The molecule has 100 valence electrons. The van der Waals surface area contributed by atoms with Crippen molar-refractivity contribution in [3.05, 3.63) is 42.6 Å². The summed E-state index contributed by atoms with van der Waals surface area (Å²) in [6.07, 6.45) is 7.00. The van der Waals surface area contributed by atoms with Gasteiger partial charge in [-0.15, -0.1) is 0 Å². The van der Waals surface area contributed by atoms with Gasteiger partial charge in [-0.25, -0.2) is 14.8 Å². The molecule has 0 aromatic carbocycles. The molecule has 1 unspecified atom stereocenters. The van der Waals surface area contributed by atoms with Crippen LogP contribution >= 0.6 is 0 Å². The van der Waals surface area contributed by atoms with Gasteiger partial charge in [0.2, 0.25) is 0 Å². The molecule has 0 saturated carbocycles. The first-order valence-electron chi connectivity index (χ1n) is 5.96. The number of nitrogens with one attached hydrogen (secondary N) is 1. The summed E-state index contributed by atoms with van der Waals surface area (Å²) < 4.78 is 6.69. The Bertz CT molecular complexity index is 539. The highest BCUT2D eigenvalue weighted by molar-refractivity contribution is 5.94. The van der Waals surface area contributed by atoms with E-state index in [0.717, 1.165) is 6.54 Å². The fourth-order valence-electron chi connectivity index (χ4n) is 1.78. The van der Waals surface area contributed by atoms with Crippen LogP contribution in [-0.2, 0) is 11.3 Å². The number of carbonyl (C=O) groups excluding carboxylic acids is 1. The number of pyridine rings is 1. The van der Waals surface area contributed by atoms with Crippen molar-refractivity contribution in [2.75, 3.05) is 12.4 Å². The van der Waals surface area contributed by atoms with Crippen molar-refractivity contribution < 1.29 is 9.53 Å². The molecule has 19 heavy (non-hydrogen) atoms. The van der Waals surface area contributed by atoms with Gasteiger partial charge in [-0.05, 0) is 19.1 Å². The second-order valence-corrected chi connectivity index (χ2v) is 4.20. The summed E-state index contributed by atoms with van der Waals surface area (Å²) in [6, 6.07) is 3.50. The first kappa shape index (κ1) is 13.1. The Kier molecular flexibility index (Phi) is 4.12. The molecule has 1 N–H and O–H groups in total. The second kappa shape index (κ2) is 5.99. The summed E-state index contributed by atoms with van der Waals surface area (Å²) in [5.74, 6) is 0.132. The molecular weight excluding hydrogens is 244 g/mol. The van der Waals surface area contributed by atoms with E-state index in [1.807, 2.05) is 17.7 Å². The first-order chi connectivity index (χ1) is 9.20. The van der Waals surface area contributed by atoms with E-state index in [9.17, 15) is 4.79 Å². The first-order valence-corrected chi connectivity index (χ1v) is 5.96. The van der Waals surface area contributed by atoms with E-state index in [0.29, 0.717) is 11.4 Å². The van der Waals surface area contributed by atoms with Crippen molar-refractivity contribution >= 4 is 11.8 Å². The number of anilines is 1. The summed E-state index contributed by atoms with van der Waals surface area (Å²) in [5, 5.41) is 3.20. The lowest BCUT2D eigenvalue weighted by atomic mass is 10.2. The Balaban J connectivity index is 2.08. The largest absolute Gasteiger partial charge is 0.465 e. The zero-order chi connectivity index (χ0) is 13.7. The van der Waals surface area contributed by atoms with E-state index < -0.39 is 5.97 Å². The van der Waals surface area contributed by atoms with Gasteiger partial charge in [0.15, 0.2) is 0 Å². The predicted octanol–water partition coefficient (Wildman–Crippen LogP) is 1.57. The summed E-state index contributed by atoms with van der Waals surface area (Å²) >= 11 is 0. The predicted molar refractivity (Wildman–Crippen MR) is 70.9 cm³/mol. The van der Waals surface area contributed by atoms with Gasteiger partial charge in [0, 0.05) is 31.2 Å². The molecule has 6 nitrogen and oxygen atoms in total. The van der Waals surface area contributed by atoms with Crippen LogP contribution in [0.5, 0.6) is 0 Å². The highest BCUT2D eigenvalue weighted by Crippen LogP contribution is 2.14. The van der Waals surface area contributed by atoms with E-state index in [1.165, 1.54) is 7.11 Å². The van der Waals surface area contributed by atoms with Crippen LogP contribution in [0.15, 0.2) is 37.1 Å². The van der Waals surface area contributed by atoms with Crippen LogP contribution in [-0.4, -0.2) is 33.7 Å². The molecule has 2 aromatic heterocycles. The molecule has 0 bridgehead atoms. The van der Waals surface area contributed by atoms with E-state index >= 15 is 0 Å². The molecule has 1 atom stereocenters. The molecule has 0 saturated heterocycles. The molecule has 0 amide bonds. The van der Waals surface area contributed by atoms with Gasteiger partial charge in [0.05, 0.1) is 13.4 Å². The zero-order valence-corrected chi connectivity index (χ0v) is 10.9. The molecule has 0 aliphatic heterocycles. The molecule has 2 rings (SSSR count). The minimum atomic E-state index is -0.398. The second-order valence-electron chi connectivity index (χ2n) is 4.20. The number of hydrogen-bond acceptors (Lipinski definition) is 5. The fourth-order valence-corrected chi connectivity index (χ4v) is 1.78. The van der Waals surface area contributed by atoms with Crippen LogP contribution in [0.3, 0.4) is 0 Å². The van der Waals surface area contributed by atoms with Crippen LogP contribution in [0.1, 0.15) is 17.3 Å². The van der Waals surface area contributed by atoms with E-state index in [4.69, 9.17) is 4.74 Å². The number of imidazole rings is 1. The van der Waals surface area contributed by atoms with E-state index in [1.54, 1.807) is 30.9 Å². The lowest BCUT2D eigenvalue weighted by Crippen LogP contribution is -2.23. The number of ether oxygens (including phenoxy) is 1. The Morgan fingerprint density at radius 3 is 3.05 bits per heavy atom. The molecular formula is C13H16N4O2. The number of hydrogen-bond donors (Lipinski definition) is 1. The van der Waals surface area contributed by atoms with Crippen LogP contribution in [0.25, 0.3) is 0 Å². The number of rotatable bonds is 5. The number of methoxy groups -OCH3 is 1. The van der Waals surface area contributed by atoms with Gasteiger partial charge in [-0.3, -0.25) is 0 Å². The third-order valence-corrected chi connectivity index (χ3v) is 2.64. The monoisotopic (exact) mass is 260 g/mol. The van der Waals surface area contributed by atoms with Gasteiger partial charge >= 0.3 is 5.97 Å². The number of carbonyl (C=O) groups is 1. The Morgan fingerprint density at radius 2 is 2.37 bits per heavy atom. The topological polar surface area (TPSA) is 69.0 Å². The summed E-state index contributed by atoms with van der Waals surface area (Å²) in [7, 11) is 1.36. The van der Waals surface area contributed by atoms with Gasteiger partial charge in [-0.2, -0.15) is 0 Å². The minimum absolute atomic E-state index is 0.104. The van der Waals surface area contributed by atoms with Crippen LogP contribution in [0, 0.1) is 0 Å². The Hall–Kier alpha value is -2.37. The SMILES string of the molecule is COC(=O)c1cccnc1NC(C)Cn1ccnc1. The van der Waals surface area contributed by atoms with Gasteiger partial charge in [0.1, 0.15) is 11.4 Å². The summed E-state index contributed by atoms with van der Waals surface area (Å²) in [4.78, 5) is 19.8. The molecule has 0 spiro atoms. The number of esters is 1. The minimum Gasteiger partial charge on any atom is -0.465 e. The molecule has 2 aromatic rings. The summed E-state index contributed by atoms with van der Waals surface area (Å²) in [5.41, 5.74) is 0.433. The van der Waals surface area contributed by atoms with Gasteiger partial charge < -0.3 is 14.6 Å². The summed E-state index contributed by atoms with van der Waals surface area (Å²) in [6.45, 7) is 2.74. The smallest absolute Gasteiger partial charge is 0.341 e. The Morgan fingerprint density at radius 1 is 1.53 bits per heavy atom. The standard InChI is InChI=1S/C13H16N4O2/c1-10(8-17-7-6-14-9-17)16-12-11(13(18)19-2)4-3-5-15-12/h3-7,9-10H,8H2,1-2H3,(H,15,16). The maximum Gasteiger partial charge on any atom is 0.341 e. The van der Waals surface area contributed by atoms with Crippen LogP contribution in [0.4, 0.5) is 5.82 Å². The van der Waals surface area contributed by atoms with Crippen molar-refractivity contribution in [2.24, 2.45) is 0 Å². The van der Waals surface area contributed by atoms with Crippen molar-refractivity contribution in [1.82, 2.24) is 14.5 Å². The molecule has 0 fully saturated rings. The molecule has 0 aliphatic carbocycles. The van der Waals surface area contributed by atoms with Crippen molar-refractivity contribution in [3.8, 4) is 0 Å². The fraction of sp³-hybridized carbons (Fsp3) is 0.308. The van der Waals surface area contributed by atoms with Crippen molar-refractivity contribution in [1.29, 1.82) is 0 Å². The number of nitrogens with zero attached hydrogens (tertiary/aromatic N) is 3. The average molecular weight is 260 g/mol. The third-order valence-electron chi connectivity index (χ3n) is 2.64. The van der Waals surface area contributed by atoms with E-state index in [2.05, 4.69) is 15.3 Å². The van der Waals surface area contributed by atoms with Crippen LogP contribution in [0.2, 0.25) is 0 Å². The molecule has 2 heterocycles. The lowest BCUT2D eigenvalue weighted by Gasteiger charge is -2.16. The molecule has 0 aliphatic rings. The normalized spacial score (nSPS) is 11.9. The van der Waals surface area contributed by atoms with Crippen LogP contribution < -0.4 is 5.32 Å². The quantitative estimate of drug-likeness (QED) is 0.826. The maximum absolute atomic E-state index is 11.6. The highest BCUT2D eigenvalue weighted by Gasteiger charge is 2.14. The van der Waals surface area contributed by atoms with Gasteiger partial charge in [0.25, 0.3) is 0 Å². The maximum atomic E-state index is 11.6. The molecule has 6 heteroatoms. The van der Waals surface area contributed by atoms with E-state index in [-0.39, 0.29) is 6.04 Å². The lowest BCUT2D eigenvalue weighted by molar-refractivity contribution is 0.0601. The zero-order valence-electron chi connectivity index (χ0n) is 10.9. The average Bonchev–Trinajstić information content (AvgIpc) is 2.91. The Labute approximate surface area is 111 Å². The number of aromatic nitrogens is 3. The van der Waals surface area contributed by atoms with Gasteiger partial charge in [-0.1, -0.05) is 0 Å².